The van der Waals surface area contributed by atoms with E-state index in [2.05, 4.69) is 10.4 Å². The van der Waals surface area contributed by atoms with E-state index in [9.17, 15) is 5.11 Å². The van der Waals surface area contributed by atoms with Gasteiger partial charge in [0.25, 0.3) is 0 Å². The number of benzene rings is 1. The van der Waals surface area contributed by atoms with E-state index < -0.39 is 0 Å². The first-order chi connectivity index (χ1) is 7.84. The van der Waals surface area contributed by atoms with Crippen molar-refractivity contribution in [2.75, 3.05) is 6.54 Å². The molecule has 16 heavy (non-hydrogen) atoms. The van der Waals surface area contributed by atoms with Gasteiger partial charge in [0.15, 0.2) is 0 Å². The lowest BCUT2D eigenvalue weighted by atomic mass is 10.2. The quantitative estimate of drug-likeness (QED) is 0.801. The number of phenolic OH excluding ortho intramolecular Hbond substituents is 1. The molecule has 0 radical (unpaired) electrons. The summed E-state index contributed by atoms with van der Waals surface area (Å²) in [4.78, 5) is 0. The van der Waals surface area contributed by atoms with Crippen molar-refractivity contribution in [1.82, 2.24) is 15.1 Å². The molecular formula is C12H15N3O. The number of hydrogen-bond donors (Lipinski definition) is 2. The van der Waals surface area contributed by atoms with Gasteiger partial charge in [0.05, 0.1) is 12.7 Å². The monoisotopic (exact) mass is 217 g/mol. The first-order valence-electron chi connectivity index (χ1n) is 5.71. The van der Waals surface area contributed by atoms with Gasteiger partial charge in [0, 0.05) is 11.4 Å². The van der Waals surface area contributed by atoms with E-state index in [-0.39, 0.29) is 0 Å². The van der Waals surface area contributed by atoms with Crippen molar-refractivity contribution in [2.24, 2.45) is 0 Å². The largest absolute Gasteiger partial charge is 0.506 e. The summed E-state index contributed by atoms with van der Waals surface area (Å²) >= 11 is 0. The van der Waals surface area contributed by atoms with Gasteiger partial charge in [-0.25, -0.2) is 0 Å². The summed E-state index contributed by atoms with van der Waals surface area (Å²) in [6.45, 7) is 1.93. The zero-order chi connectivity index (χ0) is 11.0. The highest BCUT2D eigenvalue weighted by Crippen LogP contribution is 2.24. The van der Waals surface area contributed by atoms with Gasteiger partial charge in [-0.2, -0.15) is 5.10 Å². The Labute approximate surface area is 93.9 Å². The minimum absolute atomic E-state index is 0.313. The highest BCUT2D eigenvalue weighted by atomic mass is 16.3. The summed E-state index contributed by atoms with van der Waals surface area (Å²) < 4.78 is 1.90. The molecule has 0 bridgehead atoms. The van der Waals surface area contributed by atoms with Crippen LogP contribution in [0, 0.1) is 0 Å². The number of phenols is 1. The summed E-state index contributed by atoms with van der Waals surface area (Å²) in [6, 6.07) is 6.02. The Morgan fingerprint density at radius 2 is 2.44 bits per heavy atom. The molecule has 1 aliphatic rings. The summed E-state index contributed by atoms with van der Waals surface area (Å²) in [6.07, 6.45) is 4.23. The van der Waals surface area contributed by atoms with Crippen LogP contribution < -0.4 is 5.32 Å². The van der Waals surface area contributed by atoms with Crippen LogP contribution in [0.3, 0.4) is 0 Å². The summed E-state index contributed by atoms with van der Waals surface area (Å²) in [5, 5.41) is 18.6. The maximum absolute atomic E-state index is 9.83. The molecule has 84 valence electrons. The van der Waals surface area contributed by atoms with Gasteiger partial charge < -0.3 is 10.4 Å². The van der Waals surface area contributed by atoms with E-state index in [4.69, 9.17) is 0 Å². The molecule has 2 N–H and O–H groups in total. The predicted octanol–water partition coefficient (Wildman–Crippen LogP) is 1.49. The number of rotatable bonds is 2. The van der Waals surface area contributed by atoms with Crippen molar-refractivity contribution >= 4 is 10.9 Å². The molecule has 1 fully saturated rings. The van der Waals surface area contributed by atoms with E-state index >= 15 is 0 Å². The Balaban J connectivity index is 1.97. The number of nitrogens with one attached hydrogen (secondary N) is 1. The van der Waals surface area contributed by atoms with Crippen LogP contribution in [0.25, 0.3) is 10.9 Å². The molecule has 1 saturated heterocycles. The molecule has 0 saturated carbocycles. The molecule has 2 heterocycles. The molecule has 1 aromatic heterocycles. The fourth-order valence-electron chi connectivity index (χ4n) is 2.38. The van der Waals surface area contributed by atoms with Gasteiger partial charge >= 0.3 is 0 Å². The average molecular weight is 217 g/mol. The topological polar surface area (TPSA) is 50.1 Å². The summed E-state index contributed by atoms with van der Waals surface area (Å²) in [5.74, 6) is 0.313. The van der Waals surface area contributed by atoms with Gasteiger partial charge in [0.1, 0.15) is 11.3 Å². The molecule has 4 nitrogen and oxygen atoms in total. The van der Waals surface area contributed by atoms with Gasteiger partial charge in [-0.1, -0.05) is 12.1 Å². The van der Waals surface area contributed by atoms with E-state index in [1.807, 2.05) is 23.0 Å². The zero-order valence-corrected chi connectivity index (χ0v) is 9.06. The number of aromatic hydroxyl groups is 1. The van der Waals surface area contributed by atoms with Crippen molar-refractivity contribution in [3.8, 4) is 5.75 Å². The van der Waals surface area contributed by atoms with Gasteiger partial charge in [-0.3, -0.25) is 4.68 Å². The number of fused-ring (bicyclic) bond motifs is 1. The summed E-state index contributed by atoms with van der Waals surface area (Å²) in [7, 11) is 0. The fourth-order valence-corrected chi connectivity index (χ4v) is 2.38. The molecule has 0 amide bonds. The number of hydrogen-bond acceptors (Lipinski definition) is 3. The standard InChI is InChI=1S/C12H15N3O/c16-11-5-1-3-9-7-14-15(12(9)11)8-10-4-2-6-13-10/h1,3,5,7,10,13,16H,2,4,6,8H2. The van der Waals surface area contributed by atoms with Crippen molar-refractivity contribution in [3.05, 3.63) is 24.4 Å². The Hall–Kier alpha value is -1.55. The number of nitrogens with zero attached hydrogens (tertiary/aromatic N) is 2. The molecule has 1 aromatic carbocycles. The lowest BCUT2D eigenvalue weighted by Gasteiger charge is -2.11. The van der Waals surface area contributed by atoms with E-state index in [0.717, 1.165) is 24.0 Å². The minimum Gasteiger partial charge on any atom is -0.506 e. The van der Waals surface area contributed by atoms with E-state index in [1.165, 1.54) is 12.8 Å². The van der Waals surface area contributed by atoms with Crippen LogP contribution >= 0.6 is 0 Å². The lowest BCUT2D eigenvalue weighted by molar-refractivity contribution is 0.459. The second-order valence-corrected chi connectivity index (χ2v) is 4.33. The fraction of sp³-hybridized carbons (Fsp3) is 0.417. The van der Waals surface area contributed by atoms with Crippen LogP contribution in [0.1, 0.15) is 12.8 Å². The number of aromatic nitrogens is 2. The molecular weight excluding hydrogens is 202 g/mol. The van der Waals surface area contributed by atoms with Crippen LogP contribution in [0.5, 0.6) is 5.75 Å². The lowest BCUT2D eigenvalue weighted by Crippen LogP contribution is -2.27. The van der Waals surface area contributed by atoms with Crippen molar-refractivity contribution in [3.63, 3.8) is 0 Å². The predicted molar refractivity (Wildman–Crippen MR) is 62.4 cm³/mol. The van der Waals surface area contributed by atoms with Gasteiger partial charge in [-0.05, 0) is 25.5 Å². The van der Waals surface area contributed by atoms with Crippen molar-refractivity contribution < 1.29 is 5.11 Å². The molecule has 1 unspecified atom stereocenters. The highest BCUT2D eigenvalue weighted by Gasteiger charge is 2.16. The van der Waals surface area contributed by atoms with Gasteiger partial charge in [0.2, 0.25) is 0 Å². The third-order valence-corrected chi connectivity index (χ3v) is 3.20. The smallest absolute Gasteiger partial charge is 0.141 e. The molecule has 0 aliphatic carbocycles. The third kappa shape index (κ3) is 1.55. The zero-order valence-electron chi connectivity index (χ0n) is 9.06. The average Bonchev–Trinajstić information content (AvgIpc) is 2.90. The molecule has 4 heteroatoms. The molecule has 2 aromatic rings. The Bertz CT molecular complexity index is 500. The molecule has 1 atom stereocenters. The van der Waals surface area contributed by atoms with E-state index in [1.54, 1.807) is 6.07 Å². The Kier molecular flexibility index (Phi) is 2.29. The van der Waals surface area contributed by atoms with Crippen molar-refractivity contribution in [1.29, 1.82) is 0 Å². The first kappa shape index (κ1) is 9.66. The van der Waals surface area contributed by atoms with Crippen LogP contribution in [-0.4, -0.2) is 27.5 Å². The maximum Gasteiger partial charge on any atom is 0.141 e. The second-order valence-electron chi connectivity index (χ2n) is 4.33. The molecule has 0 spiro atoms. The number of para-hydroxylation sites is 1. The summed E-state index contributed by atoms with van der Waals surface area (Å²) in [5.41, 5.74) is 0.844. The Morgan fingerprint density at radius 3 is 3.25 bits per heavy atom. The first-order valence-corrected chi connectivity index (χ1v) is 5.71. The van der Waals surface area contributed by atoms with Crippen LogP contribution in [-0.2, 0) is 6.54 Å². The molecule has 1 aliphatic heterocycles. The maximum atomic E-state index is 9.83. The normalized spacial score (nSPS) is 20.6. The molecule has 3 rings (SSSR count). The van der Waals surface area contributed by atoms with E-state index in [0.29, 0.717) is 11.8 Å². The van der Waals surface area contributed by atoms with Crippen LogP contribution in [0.15, 0.2) is 24.4 Å². The minimum atomic E-state index is 0.313. The van der Waals surface area contributed by atoms with Crippen molar-refractivity contribution in [2.45, 2.75) is 25.4 Å². The van der Waals surface area contributed by atoms with Gasteiger partial charge in [-0.15, -0.1) is 0 Å². The third-order valence-electron chi connectivity index (χ3n) is 3.20. The Morgan fingerprint density at radius 1 is 1.50 bits per heavy atom. The SMILES string of the molecule is Oc1cccc2cnn(CC3CCCN3)c12. The second kappa shape index (κ2) is 3.79. The highest BCUT2D eigenvalue weighted by molar-refractivity contribution is 5.84. The van der Waals surface area contributed by atoms with Crippen LogP contribution in [0.2, 0.25) is 0 Å². The van der Waals surface area contributed by atoms with Crippen LogP contribution in [0.4, 0.5) is 0 Å².